The number of hydrogen-bond donors (Lipinski definition) is 2. The molecule has 0 radical (unpaired) electrons. The second-order valence-electron chi connectivity index (χ2n) is 7.29. The summed E-state index contributed by atoms with van der Waals surface area (Å²) >= 11 is 0. The number of aromatic nitrogens is 1. The third-order valence-electron chi connectivity index (χ3n) is 5.64. The molecule has 1 atom stereocenters. The molecule has 6 nitrogen and oxygen atoms in total. The molecule has 0 unspecified atom stereocenters. The lowest BCUT2D eigenvalue weighted by Gasteiger charge is -2.33. The second-order valence-corrected chi connectivity index (χ2v) is 7.29. The molecule has 2 aromatic rings. The Morgan fingerprint density at radius 1 is 1.18 bits per heavy atom. The summed E-state index contributed by atoms with van der Waals surface area (Å²) in [5.74, 6) is 1.86. The van der Waals surface area contributed by atoms with E-state index in [4.69, 9.17) is 15.2 Å². The lowest BCUT2D eigenvalue weighted by Crippen LogP contribution is -2.36. The first-order chi connectivity index (χ1) is 13.7. The predicted molar refractivity (Wildman–Crippen MR) is 108 cm³/mol. The van der Waals surface area contributed by atoms with Crippen molar-refractivity contribution in [1.82, 2.24) is 10.3 Å². The molecule has 150 valence electrons. The topological polar surface area (TPSA) is 86.5 Å². The molecule has 1 aliphatic rings. The summed E-state index contributed by atoms with van der Waals surface area (Å²) in [6.07, 6.45) is 6.00. The van der Waals surface area contributed by atoms with Crippen LogP contribution >= 0.6 is 0 Å². The van der Waals surface area contributed by atoms with E-state index in [1.54, 1.807) is 38.6 Å². The van der Waals surface area contributed by atoms with Gasteiger partial charge in [0.1, 0.15) is 11.5 Å². The maximum atomic E-state index is 13.1. The van der Waals surface area contributed by atoms with Gasteiger partial charge < -0.3 is 20.5 Å². The van der Waals surface area contributed by atoms with Crippen LogP contribution in [0.5, 0.6) is 11.5 Å². The van der Waals surface area contributed by atoms with Crippen LogP contribution in [0.3, 0.4) is 0 Å². The van der Waals surface area contributed by atoms with Gasteiger partial charge in [-0.2, -0.15) is 0 Å². The zero-order valence-electron chi connectivity index (χ0n) is 16.6. The van der Waals surface area contributed by atoms with Gasteiger partial charge in [-0.05, 0) is 74.4 Å². The van der Waals surface area contributed by atoms with E-state index in [1.807, 2.05) is 18.2 Å². The summed E-state index contributed by atoms with van der Waals surface area (Å²) in [4.78, 5) is 17.7. The van der Waals surface area contributed by atoms with Crippen LogP contribution in [0.15, 0.2) is 42.6 Å². The van der Waals surface area contributed by atoms with Gasteiger partial charge in [0.15, 0.2) is 0 Å². The van der Waals surface area contributed by atoms with Gasteiger partial charge in [-0.3, -0.25) is 9.78 Å². The van der Waals surface area contributed by atoms with E-state index in [-0.39, 0.29) is 11.9 Å². The summed E-state index contributed by atoms with van der Waals surface area (Å²) in [6, 6.07) is 10.9. The highest BCUT2D eigenvalue weighted by Gasteiger charge is 2.31. The molecule has 6 heteroatoms. The minimum Gasteiger partial charge on any atom is -0.497 e. The Labute approximate surface area is 166 Å². The van der Waals surface area contributed by atoms with Crippen molar-refractivity contribution in [3.8, 4) is 11.5 Å². The van der Waals surface area contributed by atoms with Crippen LogP contribution in [0.2, 0.25) is 0 Å². The molecule has 1 fully saturated rings. The van der Waals surface area contributed by atoms with Gasteiger partial charge >= 0.3 is 0 Å². The first kappa shape index (κ1) is 20.1. The molecule has 3 rings (SSSR count). The van der Waals surface area contributed by atoms with Crippen molar-refractivity contribution in [3.63, 3.8) is 0 Å². The monoisotopic (exact) mass is 383 g/mol. The molecule has 1 aromatic carbocycles. The number of nitrogens with two attached hydrogens (primary N) is 1. The Balaban J connectivity index is 1.85. The minimum absolute atomic E-state index is 0.150. The Hall–Kier alpha value is -2.60. The first-order valence-corrected chi connectivity index (χ1v) is 9.80. The summed E-state index contributed by atoms with van der Waals surface area (Å²) in [6.45, 7) is 0.730. The Kier molecular flexibility index (Phi) is 6.87. The highest BCUT2D eigenvalue weighted by molar-refractivity contribution is 5.97. The van der Waals surface area contributed by atoms with E-state index in [0.717, 1.165) is 37.9 Å². The molecular formula is C22H29N3O3. The van der Waals surface area contributed by atoms with Crippen LogP contribution in [0.25, 0.3) is 0 Å². The molecule has 1 aromatic heterocycles. The molecule has 0 saturated heterocycles. The first-order valence-electron chi connectivity index (χ1n) is 9.80. The van der Waals surface area contributed by atoms with E-state index in [0.29, 0.717) is 28.9 Å². The van der Waals surface area contributed by atoms with Crippen LogP contribution in [0.4, 0.5) is 0 Å². The SMILES string of the molecule is COc1ccc(OC)c(C(=O)N[C@@H](c2ccccn2)C2CCC(CN)CC2)c1. The normalized spacial score (nSPS) is 20.2. The molecule has 1 aliphatic carbocycles. The van der Waals surface area contributed by atoms with E-state index < -0.39 is 0 Å². The summed E-state index contributed by atoms with van der Waals surface area (Å²) < 4.78 is 10.7. The zero-order valence-corrected chi connectivity index (χ0v) is 16.6. The molecule has 0 bridgehead atoms. The predicted octanol–water partition coefficient (Wildman–Crippen LogP) is 3.34. The average Bonchev–Trinajstić information content (AvgIpc) is 2.77. The van der Waals surface area contributed by atoms with Crippen molar-refractivity contribution < 1.29 is 14.3 Å². The van der Waals surface area contributed by atoms with Gasteiger partial charge in [0.25, 0.3) is 5.91 Å². The number of carbonyl (C=O) groups excluding carboxylic acids is 1. The fourth-order valence-corrected chi connectivity index (χ4v) is 3.96. The van der Waals surface area contributed by atoms with Crippen molar-refractivity contribution in [2.45, 2.75) is 31.7 Å². The number of hydrogen-bond acceptors (Lipinski definition) is 5. The van der Waals surface area contributed by atoms with E-state index in [9.17, 15) is 4.79 Å². The van der Waals surface area contributed by atoms with Crippen LogP contribution in [0.1, 0.15) is 47.8 Å². The molecule has 1 heterocycles. The van der Waals surface area contributed by atoms with Crippen molar-refractivity contribution >= 4 is 5.91 Å². The average molecular weight is 383 g/mol. The quantitative estimate of drug-likeness (QED) is 0.766. The fraction of sp³-hybridized carbons (Fsp3) is 0.455. The fourth-order valence-electron chi connectivity index (χ4n) is 3.96. The largest absolute Gasteiger partial charge is 0.497 e. The number of pyridine rings is 1. The highest BCUT2D eigenvalue weighted by Crippen LogP contribution is 2.36. The number of benzene rings is 1. The number of nitrogens with one attached hydrogen (secondary N) is 1. The smallest absolute Gasteiger partial charge is 0.255 e. The van der Waals surface area contributed by atoms with Crippen molar-refractivity contribution in [1.29, 1.82) is 0 Å². The molecule has 0 aliphatic heterocycles. The van der Waals surface area contributed by atoms with Crippen LogP contribution in [-0.4, -0.2) is 31.7 Å². The van der Waals surface area contributed by atoms with Gasteiger partial charge in [0.2, 0.25) is 0 Å². The van der Waals surface area contributed by atoms with Crippen LogP contribution in [0, 0.1) is 11.8 Å². The van der Waals surface area contributed by atoms with Gasteiger partial charge in [-0.1, -0.05) is 6.07 Å². The van der Waals surface area contributed by atoms with Crippen LogP contribution < -0.4 is 20.5 Å². The van der Waals surface area contributed by atoms with Gasteiger partial charge in [0, 0.05) is 6.20 Å². The third kappa shape index (κ3) is 4.62. The number of ether oxygens (including phenoxy) is 2. The minimum atomic E-state index is -0.188. The molecular weight excluding hydrogens is 354 g/mol. The van der Waals surface area contributed by atoms with Gasteiger partial charge in [-0.15, -0.1) is 0 Å². The van der Waals surface area contributed by atoms with Crippen molar-refractivity contribution in [2.75, 3.05) is 20.8 Å². The maximum absolute atomic E-state index is 13.1. The summed E-state index contributed by atoms with van der Waals surface area (Å²) in [7, 11) is 3.14. The Bertz CT molecular complexity index is 774. The molecule has 0 spiro atoms. The molecule has 1 saturated carbocycles. The van der Waals surface area contributed by atoms with E-state index in [1.165, 1.54) is 0 Å². The van der Waals surface area contributed by atoms with E-state index in [2.05, 4.69) is 10.3 Å². The Morgan fingerprint density at radius 2 is 1.96 bits per heavy atom. The van der Waals surface area contributed by atoms with Gasteiger partial charge in [-0.25, -0.2) is 0 Å². The molecule has 3 N–H and O–H groups in total. The number of rotatable bonds is 7. The number of methoxy groups -OCH3 is 2. The highest BCUT2D eigenvalue weighted by atomic mass is 16.5. The zero-order chi connectivity index (χ0) is 19.9. The number of nitrogens with zero attached hydrogens (tertiary/aromatic N) is 1. The number of carbonyl (C=O) groups is 1. The number of amides is 1. The van der Waals surface area contributed by atoms with Crippen molar-refractivity contribution in [2.24, 2.45) is 17.6 Å². The second kappa shape index (κ2) is 9.55. The van der Waals surface area contributed by atoms with Crippen LogP contribution in [-0.2, 0) is 0 Å². The molecule has 1 amide bonds. The maximum Gasteiger partial charge on any atom is 0.255 e. The summed E-state index contributed by atoms with van der Waals surface area (Å²) in [5, 5.41) is 3.21. The third-order valence-corrected chi connectivity index (χ3v) is 5.64. The summed E-state index contributed by atoms with van der Waals surface area (Å²) in [5.41, 5.74) is 7.18. The Morgan fingerprint density at radius 3 is 2.57 bits per heavy atom. The lowest BCUT2D eigenvalue weighted by molar-refractivity contribution is 0.0902. The van der Waals surface area contributed by atoms with Gasteiger partial charge in [0.05, 0.1) is 31.5 Å². The standard InChI is InChI=1S/C22H29N3O3/c1-27-17-10-11-20(28-2)18(13-17)22(26)25-21(19-5-3-4-12-24-19)16-8-6-15(14-23)7-9-16/h3-5,10-13,15-16,21H,6-9,14,23H2,1-2H3,(H,25,26)/t15?,16?,21-/m1/s1. The van der Waals surface area contributed by atoms with Crippen molar-refractivity contribution in [3.05, 3.63) is 53.9 Å². The lowest BCUT2D eigenvalue weighted by atomic mass is 9.77. The van der Waals surface area contributed by atoms with E-state index >= 15 is 0 Å². The molecule has 28 heavy (non-hydrogen) atoms.